The van der Waals surface area contributed by atoms with Gasteiger partial charge in [-0.2, -0.15) is 0 Å². The topological polar surface area (TPSA) is 72.5 Å². The van der Waals surface area contributed by atoms with Gasteiger partial charge in [-0.1, -0.05) is 12.1 Å². The van der Waals surface area contributed by atoms with Crippen LogP contribution in [0.5, 0.6) is 5.75 Å². The largest absolute Gasteiger partial charge is 0.573 e. The van der Waals surface area contributed by atoms with Crippen LogP contribution in [-0.4, -0.2) is 23.5 Å². The second-order valence-electron chi connectivity index (χ2n) is 3.34. The van der Waals surface area contributed by atoms with E-state index < -0.39 is 24.1 Å². The first kappa shape index (κ1) is 13.3. The van der Waals surface area contributed by atoms with Crippen LogP contribution < -0.4 is 10.5 Å². The number of benzene rings is 1. The summed E-state index contributed by atoms with van der Waals surface area (Å²) in [7, 11) is 0. The molecule has 0 amide bonds. The molecule has 0 bridgehead atoms. The lowest BCUT2D eigenvalue weighted by Gasteiger charge is -2.11. The second kappa shape index (κ2) is 5.05. The molecule has 0 radical (unpaired) electrons. The molecule has 0 saturated heterocycles. The van der Waals surface area contributed by atoms with Crippen molar-refractivity contribution in [3.05, 3.63) is 29.8 Å². The fourth-order valence-electron chi connectivity index (χ4n) is 1.21. The Bertz CT molecular complexity index is 406. The van der Waals surface area contributed by atoms with Gasteiger partial charge in [0.2, 0.25) is 0 Å². The Morgan fingerprint density at radius 2 is 2.12 bits per heavy atom. The molecule has 0 unspecified atom stereocenters. The third-order valence-corrected chi connectivity index (χ3v) is 1.90. The van der Waals surface area contributed by atoms with Gasteiger partial charge in [0.1, 0.15) is 11.8 Å². The molecule has 1 rings (SSSR count). The molecule has 0 spiro atoms. The maximum absolute atomic E-state index is 11.9. The quantitative estimate of drug-likeness (QED) is 0.848. The molecule has 4 nitrogen and oxygen atoms in total. The van der Waals surface area contributed by atoms with E-state index in [-0.39, 0.29) is 6.42 Å². The number of halogens is 3. The Hall–Kier alpha value is -1.76. The summed E-state index contributed by atoms with van der Waals surface area (Å²) in [4.78, 5) is 10.5. The van der Waals surface area contributed by atoms with Crippen molar-refractivity contribution in [2.24, 2.45) is 5.73 Å². The van der Waals surface area contributed by atoms with E-state index in [9.17, 15) is 18.0 Å². The molecule has 0 heterocycles. The molecule has 0 aromatic heterocycles. The standard InChI is InChI=1S/C10H10F3NO3/c11-10(12,13)17-7-3-1-2-6(4-7)5-8(14)9(15)16/h1-4,8H,5,14H2,(H,15,16)/t8-/m1/s1. The molecular formula is C10H10F3NO3. The first-order valence-corrected chi connectivity index (χ1v) is 4.61. The van der Waals surface area contributed by atoms with Gasteiger partial charge in [-0.15, -0.1) is 13.2 Å². The van der Waals surface area contributed by atoms with E-state index in [0.717, 1.165) is 12.1 Å². The summed E-state index contributed by atoms with van der Waals surface area (Å²) in [6.07, 6.45) is -4.84. The monoisotopic (exact) mass is 249 g/mol. The van der Waals surface area contributed by atoms with E-state index >= 15 is 0 Å². The van der Waals surface area contributed by atoms with Gasteiger partial charge >= 0.3 is 12.3 Å². The highest BCUT2D eigenvalue weighted by molar-refractivity contribution is 5.73. The van der Waals surface area contributed by atoms with Gasteiger partial charge in [-0.3, -0.25) is 4.79 Å². The Kier molecular flexibility index (Phi) is 3.95. The average molecular weight is 249 g/mol. The molecule has 3 N–H and O–H groups in total. The summed E-state index contributed by atoms with van der Waals surface area (Å²) in [6, 6.07) is 3.90. The molecular weight excluding hydrogens is 239 g/mol. The SMILES string of the molecule is N[C@H](Cc1cccc(OC(F)(F)F)c1)C(=O)O. The summed E-state index contributed by atoms with van der Waals surface area (Å²) >= 11 is 0. The van der Waals surface area contributed by atoms with E-state index in [1.807, 2.05) is 0 Å². The van der Waals surface area contributed by atoms with Crippen LogP contribution in [0.2, 0.25) is 0 Å². The molecule has 1 aromatic carbocycles. The molecule has 1 atom stereocenters. The van der Waals surface area contributed by atoms with Crippen LogP contribution >= 0.6 is 0 Å². The van der Waals surface area contributed by atoms with Gasteiger partial charge in [0, 0.05) is 0 Å². The third-order valence-electron chi connectivity index (χ3n) is 1.90. The predicted molar refractivity (Wildman–Crippen MR) is 52.4 cm³/mol. The highest BCUT2D eigenvalue weighted by atomic mass is 19.4. The van der Waals surface area contributed by atoms with Gasteiger partial charge in [0.25, 0.3) is 0 Å². The minimum absolute atomic E-state index is 0.0651. The van der Waals surface area contributed by atoms with Crippen LogP contribution in [0.4, 0.5) is 13.2 Å². The minimum atomic E-state index is -4.77. The fraction of sp³-hybridized carbons (Fsp3) is 0.300. The van der Waals surface area contributed by atoms with Crippen molar-refractivity contribution in [2.45, 2.75) is 18.8 Å². The predicted octanol–water partition coefficient (Wildman–Crippen LogP) is 1.54. The van der Waals surface area contributed by atoms with E-state index in [1.165, 1.54) is 12.1 Å². The van der Waals surface area contributed by atoms with Crippen molar-refractivity contribution >= 4 is 5.97 Å². The number of hydrogen-bond acceptors (Lipinski definition) is 3. The number of aliphatic carboxylic acids is 1. The molecule has 0 fully saturated rings. The number of carboxylic acid groups (broad SMARTS) is 1. The lowest BCUT2D eigenvalue weighted by atomic mass is 10.1. The van der Waals surface area contributed by atoms with Crippen LogP contribution in [0, 0.1) is 0 Å². The summed E-state index contributed by atoms with van der Waals surface area (Å²) in [5.41, 5.74) is 5.63. The molecule has 0 aliphatic carbocycles. The maximum Gasteiger partial charge on any atom is 0.573 e. The minimum Gasteiger partial charge on any atom is -0.480 e. The van der Waals surface area contributed by atoms with Crippen LogP contribution in [0.25, 0.3) is 0 Å². The van der Waals surface area contributed by atoms with Crippen molar-refractivity contribution in [3.8, 4) is 5.75 Å². The number of alkyl halides is 3. The molecule has 0 aliphatic rings. The number of carbonyl (C=O) groups is 1. The molecule has 7 heteroatoms. The summed E-state index contributed by atoms with van der Waals surface area (Å²) in [5, 5.41) is 8.56. The smallest absolute Gasteiger partial charge is 0.480 e. The Morgan fingerprint density at radius 3 is 2.65 bits per heavy atom. The first-order valence-electron chi connectivity index (χ1n) is 4.61. The zero-order valence-corrected chi connectivity index (χ0v) is 8.57. The van der Waals surface area contributed by atoms with Crippen molar-refractivity contribution < 1.29 is 27.8 Å². The van der Waals surface area contributed by atoms with Gasteiger partial charge in [-0.05, 0) is 24.1 Å². The van der Waals surface area contributed by atoms with Gasteiger partial charge < -0.3 is 15.6 Å². The molecule has 94 valence electrons. The summed E-state index contributed by atoms with van der Waals surface area (Å²) in [5.74, 6) is -1.61. The summed E-state index contributed by atoms with van der Waals surface area (Å²) in [6.45, 7) is 0. The van der Waals surface area contributed by atoms with Crippen LogP contribution in [0.15, 0.2) is 24.3 Å². The van der Waals surface area contributed by atoms with Crippen LogP contribution in [0.3, 0.4) is 0 Å². The number of rotatable bonds is 4. The van der Waals surface area contributed by atoms with E-state index in [2.05, 4.69) is 4.74 Å². The number of hydrogen-bond donors (Lipinski definition) is 2. The maximum atomic E-state index is 11.9. The average Bonchev–Trinajstić information content (AvgIpc) is 2.15. The van der Waals surface area contributed by atoms with E-state index in [1.54, 1.807) is 0 Å². The Balaban J connectivity index is 2.76. The Labute approximate surface area is 94.8 Å². The normalized spacial score (nSPS) is 13.2. The lowest BCUT2D eigenvalue weighted by Crippen LogP contribution is -2.32. The van der Waals surface area contributed by atoms with Gasteiger partial charge in [0.05, 0.1) is 0 Å². The number of nitrogens with two attached hydrogens (primary N) is 1. The summed E-state index contributed by atoms with van der Waals surface area (Å²) < 4.78 is 39.5. The zero-order valence-electron chi connectivity index (χ0n) is 8.57. The van der Waals surface area contributed by atoms with Crippen molar-refractivity contribution in [1.29, 1.82) is 0 Å². The van der Waals surface area contributed by atoms with Gasteiger partial charge in [0.15, 0.2) is 0 Å². The zero-order chi connectivity index (χ0) is 13.1. The van der Waals surface area contributed by atoms with Crippen molar-refractivity contribution in [1.82, 2.24) is 0 Å². The second-order valence-corrected chi connectivity index (χ2v) is 3.34. The first-order chi connectivity index (χ1) is 7.78. The van der Waals surface area contributed by atoms with Crippen LogP contribution in [0.1, 0.15) is 5.56 Å². The van der Waals surface area contributed by atoms with Crippen molar-refractivity contribution in [3.63, 3.8) is 0 Å². The van der Waals surface area contributed by atoms with Crippen molar-refractivity contribution in [2.75, 3.05) is 0 Å². The Morgan fingerprint density at radius 1 is 1.47 bits per heavy atom. The molecule has 17 heavy (non-hydrogen) atoms. The fourth-order valence-corrected chi connectivity index (χ4v) is 1.21. The molecule has 0 aliphatic heterocycles. The number of ether oxygens (including phenoxy) is 1. The lowest BCUT2D eigenvalue weighted by molar-refractivity contribution is -0.274. The highest BCUT2D eigenvalue weighted by Crippen LogP contribution is 2.23. The van der Waals surface area contributed by atoms with Gasteiger partial charge in [-0.25, -0.2) is 0 Å². The highest BCUT2D eigenvalue weighted by Gasteiger charge is 2.31. The van der Waals surface area contributed by atoms with E-state index in [4.69, 9.17) is 10.8 Å². The van der Waals surface area contributed by atoms with Crippen LogP contribution in [-0.2, 0) is 11.2 Å². The third kappa shape index (κ3) is 4.73. The molecule has 1 aromatic rings. The van der Waals surface area contributed by atoms with E-state index in [0.29, 0.717) is 5.56 Å². The molecule has 0 saturated carbocycles. The number of carboxylic acids is 1.